The van der Waals surface area contributed by atoms with Crippen molar-refractivity contribution < 1.29 is 17.6 Å². The van der Waals surface area contributed by atoms with Crippen LogP contribution in [0.4, 0.5) is 5.69 Å². The van der Waals surface area contributed by atoms with E-state index in [9.17, 15) is 8.42 Å². The van der Waals surface area contributed by atoms with Crippen LogP contribution in [0.1, 0.15) is 5.76 Å². The topological polar surface area (TPSA) is 80.6 Å². The van der Waals surface area contributed by atoms with Crippen molar-refractivity contribution >= 4 is 31.6 Å². The van der Waals surface area contributed by atoms with E-state index in [2.05, 4.69) is 26.0 Å². The van der Waals surface area contributed by atoms with Crippen LogP contribution in [0.2, 0.25) is 0 Å². The Morgan fingerprint density at radius 1 is 1.33 bits per heavy atom. The summed E-state index contributed by atoms with van der Waals surface area (Å²) in [4.78, 5) is 0.0404. The van der Waals surface area contributed by atoms with Gasteiger partial charge in [0.05, 0.1) is 19.3 Å². The van der Waals surface area contributed by atoms with Gasteiger partial charge in [0.15, 0.2) is 4.67 Å². The minimum atomic E-state index is -3.77. The molecule has 0 aliphatic rings. The molecule has 0 spiro atoms. The van der Waals surface area contributed by atoms with Crippen molar-refractivity contribution in [3.8, 4) is 5.75 Å². The van der Waals surface area contributed by atoms with Crippen LogP contribution in [0.15, 0.2) is 44.3 Å². The summed E-state index contributed by atoms with van der Waals surface area (Å²) in [6.07, 6.45) is 0. The van der Waals surface area contributed by atoms with E-state index in [-0.39, 0.29) is 9.56 Å². The third-order valence-corrected chi connectivity index (χ3v) is 4.92. The lowest BCUT2D eigenvalue weighted by molar-refractivity contribution is 0.417. The van der Waals surface area contributed by atoms with Crippen LogP contribution in [0.3, 0.4) is 0 Å². The number of halogens is 1. The minimum Gasteiger partial charge on any atom is -0.495 e. The number of methoxy groups -OCH3 is 1. The molecule has 2 aromatic rings. The molecule has 8 heteroatoms. The third kappa shape index (κ3) is 3.58. The highest BCUT2D eigenvalue weighted by Crippen LogP contribution is 2.30. The van der Waals surface area contributed by atoms with E-state index in [1.165, 1.54) is 13.2 Å². The molecule has 6 nitrogen and oxygen atoms in total. The van der Waals surface area contributed by atoms with Gasteiger partial charge in [-0.3, -0.25) is 4.72 Å². The second kappa shape index (κ2) is 6.50. The normalized spacial score (nSPS) is 11.4. The van der Waals surface area contributed by atoms with Gasteiger partial charge in [-0.25, -0.2) is 8.42 Å². The first-order chi connectivity index (χ1) is 9.97. The van der Waals surface area contributed by atoms with Crippen molar-refractivity contribution in [3.05, 3.63) is 40.8 Å². The van der Waals surface area contributed by atoms with E-state index in [0.29, 0.717) is 23.7 Å². The van der Waals surface area contributed by atoms with Gasteiger partial charge in [-0.2, -0.15) is 0 Å². The predicted octanol–water partition coefficient (Wildman–Crippen LogP) is 2.57. The summed E-state index contributed by atoms with van der Waals surface area (Å²) in [5, 5.41) is 2.89. The Morgan fingerprint density at radius 2 is 2.05 bits per heavy atom. The van der Waals surface area contributed by atoms with Crippen molar-refractivity contribution in [2.24, 2.45) is 0 Å². The van der Waals surface area contributed by atoms with Crippen molar-refractivity contribution in [1.29, 1.82) is 0 Å². The maximum Gasteiger partial charge on any atom is 0.266 e. The summed E-state index contributed by atoms with van der Waals surface area (Å²) in [7, 11) is -0.547. The Kier molecular flexibility index (Phi) is 4.92. The number of rotatable bonds is 6. The van der Waals surface area contributed by atoms with Gasteiger partial charge in [-0.1, -0.05) is 12.1 Å². The van der Waals surface area contributed by atoms with E-state index in [0.717, 1.165) is 0 Å². The highest BCUT2D eigenvalue weighted by Gasteiger charge is 2.23. The monoisotopic (exact) mass is 374 g/mol. The first kappa shape index (κ1) is 15.9. The average molecular weight is 375 g/mol. The molecule has 0 amide bonds. The molecule has 114 valence electrons. The molecule has 0 aliphatic heterocycles. The van der Waals surface area contributed by atoms with Crippen molar-refractivity contribution in [2.75, 3.05) is 18.9 Å². The van der Waals surface area contributed by atoms with Crippen LogP contribution in [0, 0.1) is 0 Å². The van der Waals surface area contributed by atoms with Crippen LogP contribution in [-0.2, 0) is 16.6 Å². The number of hydrogen-bond acceptors (Lipinski definition) is 5. The van der Waals surface area contributed by atoms with E-state index in [1.807, 2.05) is 0 Å². The minimum absolute atomic E-state index is 0.0404. The van der Waals surface area contributed by atoms with Crippen LogP contribution >= 0.6 is 15.9 Å². The first-order valence-electron chi connectivity index (χ1n) is 6.06. The number of anilines is 1. The number of para-hydroxylation sites is 2. The molecule has 0 aliphatic carbocycles. The van der Waals surface area contributed by atoms with Gasteiger partial charge in [0, 0.05) is 6.07 Å². The lowest BCUT2D eigenvalue weighted by atomic mass is 10.3. The standard InChI is InChI=1S/C13H15BrN2O4S/c1-15-8-9-7-12(13(14)20-9)21(17,18)16-10-5-3-4-6-11(10)19-2/h3-7,15-16H,8H2,1-2H3. The molecule has 0 fully saturated rings. The molecule has 0 saturated heterocycles. The van der Waals surface area contributed by atoms with Gasteiger partial charge in [0.25, 0.3) is 10.0 Å². The molecule has 1 aromatic heterocycles. The maximum absolute atomic E-state index is 12.4. The number of benzene rings is 1. The van der Waals surface area contributed by atoms with Gasteiger partial charge in [-0.05, 0) is 35.1 Å². The highest BCUT2D eigenvalue weighted by atomic mass is 79.9. The van der Waals surface area contributed by atoms with Gasteiger partial charge in [0.2, 0.25) is 0 Å². The summed E-state index contributed by atoms with van der Waals surface area (Å²) >= 11 is 3.13. The molecule has 1 heterocycles. The third-order valence-electron chi connectivity index (χ3n) is 2.70. The predicted molar refractivity (Wildman–Crippen MR) is 83.0 cm³/mol. The summed E-state index contributed by atoms with van der Waals surface area (Å²) in [5.74, 6) is 0.959. The molecule has 21 heavy (non-hydrogen) atoms. The van der Waals surface area contributed by atoms with E-state index >= 15 is 0 Å². The molecule has 2 rings (SSSR count). The van der Waals surface area contributed by atoms with Crippen molar-refractivity contribution in [3.63, 3.8) is 0 Å². The zero-order valence-corrected chi connectivity index (χ0v) is 13.9. The van der Waals surface area contributed by atoms with E-state index < -0.39 is 10.0 Å². The fourth-order valence-corrected chi connectivity index (χ4v) is 3.84. The van der Waals surface area contributed by atoms with E-state index in [1.54, 1.807) is 31.3 Å². The molecule has 0 saturated carbocycles. The second-order valence-electron chi connectivity index (χ2n) is 4.19. The zero-order valence-electron chi connectivity index (χ0n) is 11.5. The summed E-state index contributed by atoms with van der Waals surface area (Å²) in [5.41, 5.74) is 0.364. The smallest absolute Gasteiger partial charge is 0.266 e. The summed E-state index contributed by atoms with van der Waals surface area (Å²) < 4.78 is 38.0. The molecule has 0 bridgehead atoms. The highest BCUT2D eigenvalue weighted by molar-refractivity contribution is 9.10. The Bertz CT molecular complexity index is 728. The number of furan rings is 1. The number of nitrogens with one attached hydrogen (secondary N) is 2. The van der Waals surface area contributed by atoms with Gasteiger partial charge in [-0.15, -0.1) is 0 Å². The Balaban J connectivity index is 2.34. The SMILES string of the molecule is CNCc1cc(S(=O)(=O)Nc2ccccc2OC)c(Br)o1. The second-order valence-corrected chi connectivity index (χ2v) is 6.56. The summed E-state index contributed by atoms with van der Waals surface area (Å²) in [6.45, 7) is 0.433. The number of ether oxygens (including phenoxy) is 1. The number of sulfonamides is 1. The van der Waals surface area contributed by atoms with Crippen molar-refractivity contribution in [1.82, 2.24) is 5.32 Å². The molecule has 0 unspecified atom stereocenters. The molecular weight excluding hydrogens is 360 g/mol. The van der Waals surface area contributed by atoms with Crippen LogP contribution < -0.4 is 14.8 Å². The van der Waals surface area contributed by atoms with Crippen molar-refractivity contribution in [2.45, 2.75) is 11.4 Å². The molecule has 2 N–H and O–H groups in total. The largest absolute Gasteiger partial charge is 0.495 e. The quantitative estimate of drug-likeness (QED) is 0.811. The fraction of sp³-hybridized carbons (Fsp3) is 0.231. The Morgan fingerprint density at radius 3 is 2.71 bits per heavy atom. The Hall–Kier alpha value is -1.51. The average Bonchev–Trinajstić information content (AvgIpc) is 2.81. The number of hydrogen-bond donors (Lipinski definition) is 2. The molecule has 0 atom stereocenters. The van der Waals surface area contributed by atoms with Gasteiger partial charge in [0.1, 0.15) is 16.4 Å². The fourth-order valence-electron chi connectivity index (χ4n) is 1.77. The Labute approximate surface area is 131 Å². The maximum atomic E-state index is 12.4. The summed E-state index contributed by atoms with van der Waals surface area (Å²) in [6, 6.07) is 8.25. The molecule has 1 aromatic carbocycles. The van der Waals surface area contributed by atoms with E-state index in [4.69, 9.17) is 9.15 Å². The van der Waals surface area contributed by atoms with Gasteiger partial charge < -0.3 is 14.5 Å². The molecule has 0 radical (unpaired) electrons. The van der Waals surface area contributed by atoms with Gasteiger partial charge >= 0.3 is 0 Å². The van der Waals surface area contributed by atoms with Crippen LogP contribution in [0.25, 0.3) is 0 Å². The molecular formula is C13H15BrN2O4S. The first-order valence-corrected chi connectivity index (χ1v) is 8.34. The lowest BCUT2D eigenvalue weighted by Gasteiger charge is -2.10. The van der Waals surface area contributed by atoms with Crippen LogP contribution in [0.5, 0.6) is 5.75 Å². The zero-order chi connectivity index (χ0) is 15.5. The lowest BCUT2D eigenvalue weighted by Crippen LogP contribution is -2.13. The van der Waals surface area contributed by atoms with Crippen LogP contribution in [-0.4, -0.2) is 22.6 Å².